The summed E-state index contributed by atoms with van der Waals surface area (Å²) in [6, 6.07) is 7.03. The van der Waals surface area contributed by atoms with Crippen LogP contribution in [0.3, 0.4) is 0 Å². The van der Waals surface area contributed by atoms with Crippen molar-refractivity contribution in [1.82, 2.24) is 10.2 Å². The Bertz CT molecular complexity index is 622. The van der Waals surface area contributed by atoms with Crippen LogP contribution in [0.5, 0.6) is 5.75 Å². The number of amides is 1. The first-order valence-electron chi connectivity index (χ1n) is 6.55. The third-order valence-corrected chi connectivity index (χ3v) is 4.45. The van der Waals surface area contributed by atoms with Gasteiger partial charge in [-0.2, -0.15) is 0 Å². The zero-order valence-electron chi connectivity index (χ0n) is 11.1. The molecule has 6 heteroatoms. The standard InChI is InChI=1S/C14H15N3O2S/c1-19-11-7-3-6-10(8-11)12(18)15-14-17-16-13(20-14)9-4-2-5-9/h3,6-9H,2,4-5H2,1H3,(H,15,17,18). The molecule has 0 aliphatic heterocycles. The molecule has 0 bridgehead atoms. The van der Waals surface area contributed by atoms with Crippen LogP contribution in [-0.2, 0) is 0 Å². The molecule has 1 aliphatic carbocycles. The summed E-state index contributed by atoms with van der Waals surface area (Å²) in [4.78, 5) is 12.1. The minimum Gasteiger partial charge on any atom is -0.497 e. The van der Waals surface area contributed by atoms with Crippen LogP contribution in [0.1, 0.15) is 40.5 Å². The molecule has 2 aromatic rings. The van der Waals surface area contributed by atoms with E-state index in [1.807, 2.05) is 0 Å². The summed E-state index contributed by atoms with van der Waals surface area (Å²) >= 11 is 1.46. The van der Waals surface area contributed by atoms with Crippen LogP contribution in [0.15, 0.2) is 24.3 Å². The SMILES string of the molecule is COc1cccc(C(=O)Nc2nnc(C3CCC3)s2)c1. The fourth-order valence-electron chi connectivity index (χ4n) is 2.04. The predicted molar refractivity (Wildman–Crippen MR) is 77.4 cm³/mol. The summed E-state index contributed by atoms with van der Waals surface area (Å²) in [5, 5.41) is 12.5. The van der Waals surface area contributed by atoms with E-state index in [0.717, 1.165) is 5.01 Å². The van der Waals surface area contributed by atoms with Crippen molar-refractivity contribution in [2.24, 2.45) is 0 Å². The van der Waals surface area contributed by atoms with E-state index in [-0.39, 0.29) is 5.91 Å². The van der Waals surface area contributed by atoms with E-state index in [1.54, 1.807) is 31.4 Å². The third kappa shape index (κ3) is 2.65. The normalized spacial score (nSPS) is 14.7. The summed E-state index contributed by atoms with van der Waals surface area (Å²) in [6.45, 7) is 0. The molecule has 1 heterocycles. The fourth-order valence-corrected chi connectivity index (χ4v) is 2.95. The Hall–Kier alpha value is -1.95. The Morgan fingerprint density at radius 1 is 1.40 bits per heavy atom. The van der Waals surface area contributed by atoms with Crippen molar-refractivity contribution >= 4 is 22.4 Å². The first kappa shape index (κ1) is 13.1. The highest BCUT2D eigenvalue weighted by Crippen LogP contribution is 2.38. The zero-order valence-corrected chi connectivity index (χ0v) is 11.9. The summed E-state index contributed by atoms with van der Waals surface area (Å²) in [5.41, 5.74) is 0.546. The number of carbonyl (C=O) groups is 1. The number of ether oxygens (including phenoxy) is 1. The maximum absolute atomic E-state index is 12.1. The fraction of sp³-hybridized carbons (Fsp3) is 0.357. The molecule has 0 spiro atoms. The number of nitrogens with one attached hydrogen (secondary N) is 1. The van der Waals surface area contributed by atoms with Crippen LogP contribution in [0.25, 0.3) is 0 Å². The third-order valence-electron chi connectivity index (χ3n) is 3.45. The van der Waals surface area contributed by atoms with Gasteiger partial charge in [0.05, 0.1) is 7.11 Å². The van der Waals surface area contributed by atoms with Gasteiger partial charge in [-0.25, -0.2) is 0 Å². The smallest absolute Gasteiger partial charge is 0.257 e. The van der Waals surface area contributed by atoms with Crippen molar-refractivity contribution in [2.75, 3.05) is 12.4 Å². The first-order chi connectivity index (χ1) is 9.76. The molecule has 1 aliphatic rings. The Morgan fingerprint density at radius 2 is 2.25 bits per heavy atom. The van der Waals surface area contributed by atoms with Crippen molar-refractivity contribution in [1.29, 1.82) is 0 Å². The molecule has 1 N–H and O–H groups in total. The molecule has 1 aromatic carbocycles. The highest BCUT2D eigenvalue weighted by molar-refractivity contribution is 7.15. The van der Waals surface area contributed by atoms with E-state index < -0.39 is 0 Å². The van der Waals surface area contributed by atoms with Crippen molar-refractivity contribution in [3.8, 4) is 5.75 Å². The predicted octanol–water partition coefficient (Wildman–Crippen LogP) is 3.07. The van der Waals surface area contributed by atoms with Gasteiger partial charge in [-0.15, -0.1) is 10.2 Å². The average Bonchev–Trinajstić information content (AvgIpc) is 2.85. The number of hydrogen-bond donors (Lipinski definition) is 1. The van der Waals surface area contributed by atoms with Crippen molar-refractivity contribution in [3.63, 3.8) is 0 Å². The minimum atomic E-state index is -0.194. The zero-order chi connectivity index (χ0) is 13.9. The number of benzene rings is 1. The van der Waals surface area contributed by atoms with Gasteiger partial charge >= 0.3 is 0 Å². The number of aromatic nitrogens is 2. The molecular formula is C14H15N3O2S. The van der Waals surface area contributed by atoms with Crippen molar-refractivity contribution in [3.05, 3.63) is 34.8 Å². The lowest BCUT2D eigenvalue weighted by atomic mass is 9.86. The molecule has 1 fully saturated rings. The van der Waals surface area contributed by atoms with Crippen LogP contribution in [0.2, 0.25) is 0 Å². The van der Waals surface area contributed by atoms with Crippen LogP contribution < -0.4 is 10.1 Å². The molecule has 104 valence electrons. The van der Waals surface area contributed by atoms with Gasteiger partial charge in [-0.3, -0.25) is 10.1 Å². The van der Waals surface area contributed by atoms with Crippen molar-refractivity contribution < 1.29 is 9.53 Å². The van der Waals surface area contributed by atoms with Gasteiger partial charge in [0.1, 0.15) is 10.8 Å². The molecule has 3 rings (SSSR count). The highest BCUT2D eigenvalue weighted by atomic mass is 32.1. The number of rotatable bonds is 4. The second-order valence-corrected chi connectivity index (χ2v) is 5.77. The average molecular weight is 289 g/mol. The molecule has 1 saturated carbocycles. The number of nitrogens with zero attached hydrogens (tertiary/aromatic N) is 2. The molecule has 1 aromatic heterocycles. The van der Waals surface area contributed by atoms with Gasteiger partial charge in [-0.05, 0) is 31.0 Å². The van der Waals surface area contributed by atoms with E-state index in [4.69, 9.17) is 4.74 Å². The minimum absolute atomic E-state index is 0.194. The number of carbonyl (C=O) groups excluding carboxylic acids is 1. The van der Waals surface area contributed by atoms with Gasteiger partial charge in [0.25, 0.3) is 5.91 Å². The van der Waals surface area contributed by atoms with Crippen LogP contribution in [0, 0.1) is 0 Å². The molecule has 0 saturated heterocycles. The highest BCUT2D eigenvalue weighted by Gasteiger charge is 2.23. The van der Waals surface area contributed by atoms with Crippen LogP contribution in [-0.4, -0.2) is 23.2 Å². The van der Waals surface area contributed by atoms with Gasteiger partial charge in [0.15, 0.2) is 0 Å². The number of hydrogen-bond acceptors (Lipinski definition) is 5. The van der Waals surface area contributed by atoms with Crippen molar-refractivity contribution in [2.45, 2.75) is 25.2 Å². The lowest BCUT2D eigenvalue weighted by molar-refractivity contribution is 0.102. The Morgan fingerprint density at radius 3 is 2.95 bits per heavy atom. The van der Waals surface area contributed by atoms with E-state index in [2.05, 4.69) is 15.5 Å². The number of anilines is 1. The Kier molecular flexibility index (Phi) is 3.64. The summed E-state index contributed by atoms with van der Waals surface area (Å²) in [7, 11) is 1.58. The van der Waals surface area contributed by atoms with E-state index in [1.165, 1.54) is 30.6 Å². The molecule has 0 atom stereocenters. The monoisotopic (exact) mass is 289 g/mol. The van der Waals surface area contributed by atoms with Gasteiger partial charge in [0.2, 0.25) is 5.13 Å². The molecule has 0 unspecified atom stereocenters. The largest absolute Gasteiger partial charge is 0.497 e. The summed E-state index contributed by atoms with van der Waals surface area (Å²) in [6.07, 6.45) is 3.62. The Labute approximate surface area is 121 Å². The topological polar surface area (TPSA) is 64.1 Å². The van der Waals surface area contributed by atoms with Gasteiger partial charge in [0, 0.05) is 11.5 Å². The van der Waals surface area contributed by atoms with Crippen LogP contribution >= 0.6 is 11.3 Å². The maximum atomic E-state index is 12.1. The first-order valence-corrected chi connectivity index (χ1v) is 7.36. The van der Waals surface area contributed by atoms with E-state index >= 15 is 0 Å². The molecule has 5 nitrogen and oxygen atoms in total. The van der Waals surface area contributed by atoms with Crippen LogP contribution in [0.4, 0.5) is 5.13 Å². The molecule has 20 heavy (non-hydrogen) atoms. The molecular weight excluding hydrogens is 274 g/mol. The second-order valence-electron chi connectivity index (χ2n) is 4.76. The van der Waals surface area contributed by atoms with Gasteiger partial charge < -0.3 is 4.74 Å². The second kappa shape index (κ2) is 5.58. The quantitative estimate of drug-likeness (QED) is 0.939. The number of methoxy groups -OCH3 is 1. The summed E-state index contributed by atoms with van der Waals surface area (Å²) < 4.78 is 5.11. The Balaban J connectivity index is 1.69. The molecule has 0 radical (unpaired) electrons. The van der Waals surface area contributed by atoms with Gasteiger partial charge in [-0.1, -0.05) is 23.8 Å². The lowest BCUT2D eigenvalue weighted by Gasteiger charge is -2.21. The summed E-state index contributed by atoms with van der Waals surface area (Å²) in [5.74, 6) is 1.00. The van der Waals surface area contributed by atoms with E-state index in [0.29, 0.717) is 22.4 Å². The maximum Gasteiger partial charge on any atom is 0.257 e. The van der Waals surface area contributed by atoms with E-state index in [9.17, 15) is 4.79 Å². The lowest BCUT2D eigenvalue weighted by Crippen LogP contribution is -2.11. The molecule has 1 amide bonds.